The Labute approximate surface area is 247 Å². The van der Waals surface area contributed by atoms with Gasteiger partial charge in [-0.25, -0.2) is 4.39 Å². The van der Waals surface area contributed by atoms with Crippen molar-refractivity contribution in [3.8, 4) is 11.5 Å². The minimum absolute atomic E-state index is 0.213. The fraction of sp³-hybridized carbons (Fsp3) is 0.171. The summed E-state index contributed by atoms with van der Waals surface area (Å²) < 4.78 is 24.8. The van der Waals surface area contributed by atoms with Gasteiger partial charge in [-0.1, -0.05) is 42.5 Å². The Bertz CT molecular complexity index is 1830. The summed E-state index contributed by atoms with van der Waals surface area (Å²) in [7, 11) is 2.99. The van der Waals surface area contributed by atoms with Crippen LogP contribution >= 0.6 is 0 Å². The fourth-order valence-corrected chi connectivity index (χ4v) is 7.12. The van der Waals surface area contributed by atoms with Crippen molar-refractivity contribution in [2.24, 2.45) is 5.92 Å². The quantitative estimate of drug-likeness (QED) is 0.292. The molecule has 0 bridgehead atoms. The first-order valence-electron chi connectivity index (χ1n) is 13.9. The highest BCUT2D eigenvalue weighted by atomic mass is 19.1. The van der Waals surface area contributed by atoms with E-state index in [1.165, 1.54) is 38.5 Å². The molecular formula is C35H27FN2O5. The normalized spacial score (nSPS) is 22.9. The Kier molecular flexibility index (Phi) is 6.16. The van der Waals surface area contributed by atoms with Crippen LogP contribution in [0.1, 0.15) is 43.4 Å². The number of nitrogens with zero attached hydrogens (tertiary/aromatic N) is 1. The second kappa shape index (κ2) is 9.94. The minimum atomic E-state index is -1.47. The highest BCUT2D eigenvalue weighted by molar-refractivity contribution is 6.16. The summed E-state index contributed by atoms with van der Waals surface area (Å²) in [6.07, 6.45) is 3.71. The van der Waals surface area contributed by atoms with Gasteiger partial charge >= 0.3 is 0 Å². The molecule has 4 atom stereocenters. The van der Waals surface area contributed by atoms with Crippen molar-refractivity contribution in [1.82, 2.24) is 4.90 Å². The van der Waals surface area contributed by atoms with Crippen LogP contribution in [0.15, 0.2) is 97.2 Å². The highest BCUT2D eigenvalue weighted by Crippen LogP contribution is 2.62. The minimum Gasteiger partial charge on any atom is -0.493 e. The number of hydrogen-bond donors (Lipinski definition) is 1. The maximum atomic E-state index is 14.7. The lowest BCUT2D eigenvalue weighted by atomic mass is 9.62. The standard InChI is InChI=1S/C35H27FN2O5/c1-42-27-16-13-22(19-28(27)43-2)32(40)30-29(31(39)21-11-14-23(36)15-12-21)35(25-9-5-6-10-26(25)37-34(35)41)33-24-8-4-3-7-20(24)17-18-38(30)33/h3-19,29-30,33H,1-2H3,(H,37,41)/t29-,30+,33+,35+/m1/s1. The van der Waals surface area contributed by atoms with Crippen LogP contribution in [0, 0.1) is 11.7 Å². The first-order chi connectivity index (χ1) is 20.9. The number of para-hydroxylation sites is 1. The number of benzene rings is 4. The molecule has 0 saturated carbocycles. The van der Waals surface area contributed by atoms with Crippen LogP contribution in [-0.2, 0) is 10.2 Å². The molecule has 1 fully saturated rings. The lowest BCUT2D eigenvalue weighted by Crippen LogP contribution is -2.49. The van der Waals surface area contributed by atoms with Crippen LogP contribution in [0.3, 0.4) is 0 Å². The van der Waals surface area contributed by atoms with Crippen molar-refractivity contribution in [2.75, 3.05) is 19.5 Å². The van der Waals surface area contributed by atoms with Crippen molar-refractivity contribution in [1.29, 1.82) is 0 Å². The van der Waals surface area contributed by atoms with Crippen molar-refractivity contribution >= 4 is 29.2 Å². The van der Waals surface area contributed by atoms with Gasteiger partial charge in [0.1, 0.15) is 17.3 Å². The molecule has 3 aliphatic heterocycles. The van der Waals surface area contributed by atoms with Gasteiger partial charge in [-0.3, -0.25) is 14.4 Å². The van der Waals surface area contributed by atoms with Crippen LogP contribution in [0.2, 0.25) is 0 Å². The molecule has 4 aromatic carbocycles. The molecular weight excluding hydrogens is 547 g/mol. The predicted molar refractivity (Wildman–Crippen MR) is 159 cm³/mol. The molecule has 3 aliphatic rings. The Hall–Kier alpha value is -5.24. The van der Waals surface area contributed by atoms with Gasteiger partial charge in [0.25, 0.3) is 0 Å². The SMILES string of the molecule is COc1ccc(C(=O)[C@@H]2[C@H](C(=O)c3ccc(F)cc3)[C@]3(C(=O)Nc4ccccc43)[C@@H]3c4ccccc4C=CN23)cc1OC. The molecule has 3 heterocycles. The summed E-state index contributed by atoms with van der Waals surface area (Å²) in [4.78, 5) is 45.8. The number of ketones is 2. The number of carbonyl (C=O) groups is 3. The van der Waals surface area contributed by atoms with E-state index in [4.69, 9.17) is 9.47 Å². The van der Waals surface area contributed by atoms with Crippen molar-refractivity contribution in [3.05, 3.63) is 131 Å². The van der Waals surface area contributed by atoms with Gasteiger partial charge in [0.15, 0.2) is 23.1 Å². The van der Waals surface area contributed by atoms with Crippen molar-refractivity contribution < 1.29 is 28.2 Å². The summed E-state index contributed by atoms with van der Waals surface area (Å²) in [6.45, 7) is 0. The van der Waals surface area contributed by atoms with E-state index < -0.39 is 35.0 Å². The molecule has 0 aromatic heterocycles. The van der Waals surface area contributed by atoms with E-state index in [2.05, 4.69) is 5.32 Å². The summed E-state index contributed by atoms with van der Waals surface area (Å²) in [6, 6.07) is 23.3. The molecule has 4 aromatic rings. The maximum Gasteiger partial charge on any atom is 0.238 e. The van der Waals surface area contributed by atoms with Gasteiger partial charge in [0, 0.05) is 23.0 Å². The predicted octanol–water partition coefficient (Wildman–Crippen LogP) is 5.82. The number of amides is 1. The molecule has 0 aliphatic carbocycles. The molecule has 1 saturated heterocycles. The smallest absolute Gasteiger partial charge is 0.238 e. The second-order valence-corrected chi connectivity index (χ2v) is 10.9. The lowest BCUT2D eigenvalue weighted by Gasteiger charge is -2.38. The maximum absolute atomic E-state index is 14.7. The van der Waals surface area contributed by atoms with Gasteiger partial charge < -0.3 is 19.7 Å². The van der Waals surface area contributed by atoms with E-state index >= 15 is 0 Å². The van der Waals surface area contributed by atoms with E-state index in [1.807, 2.05) is 59.6 Å². The number of Topliss-reactive ketones (excluding diaryl/α,β-unsaturated/α-hetero) is 2. The Balaban J connectivity index is 1.51. The first kappa shape index (κ1) is 26.6. The number of ether oxygens (including phenoxy) is 2. The summed E-state index contributed by atoms with van der Waals surface area (Å²) >= 11 is 0. The number of anilines is 1. The van der Waals surface area contributed by atoms with E-state index in [1.54, 1.807) is 24.3 Å². The van der Waals surface area contributed by atoms with Crippen LogP contribution in [-0.4, -0.2) is 42.6 Å². The van der Waals surface area contributed by atoms with Crippen molar-refractivity contribution in [3.63, 3.8) is 0 Å². The topological polar surface area (TPSA) is 84.9 Å². The third-order valence-electron chi connectivity index (χ3n) is 8.92. The number of halogens is 1. The van der Waals surface area contributed by atoms with Crippen LogP contribution < -0.4 is 14.8 Å². The molecule has 8 heteroatoms. The molecule has 1 spiro atoms. The molecule has 1 amide bonds. The Morgan fingerprint density at radius 2 is 1.53 bits per heavy atom. The molecule has 214 valence electrons. The van der Waals surface area contributed by atoms with Crippen LogP contribution in [0.4, 0.5) is 10.1 Å². The average molecular weight is 575 g/mol. The third kappa shape index (κ3) is 3.75. The van der Waals surface area contributed by atoms with E-state index in [9.17, 15) is 18.8 Å². The largest absolute Gasteiger partial charge is 0.493 e. The Morgan fingerprint density at radius 3 is 2.30 bits per heavy atom. The number of rotatable bonds is 6. The molecule has 7 nitrogen and oxygen atoms in total. The second-order valence-electron chi connectivity index (χ2n) is 10.9. The summed E-state index contributed by atoms with van der Waals surface area (Å²) in [5, 5.41) is 3.02. The molecule has 7 rings (SSSR count). The number of hydrogen-bond acceptors (Lipinski definition) is 6. The molecule has 0 radical (unpaired) electrons. The lowest BCUT2D eigenvalue weighted by molar-refractivity contribution is -0.122. The monoisotopic (exact) mass is 574 g/mol. The third-order valence-corrected chi connectivity index (χ3v) is 8.92. The van der Waals surface area contributed by atoms with Crippen molar-refractivity contribution in [2.45, 2.75) is 17.5 Å². The summed E-state index contributed by atoms with van der Waals surface area (Å²) in [5.41, 5.74) is 2.00. The zero-order chi connectivity index (χ0) is 29.9. The number of nitrogens with one attached hydrogen (secondary N) is 1. The molecule has 0 unspecified atom stereocenters. The number of methoxy groups -OCH3 is 2. The fourth-order valence-electron chi connectivity index (χ4n) is 7.12. The summed E-state index contributed by atoms with van der Waals surface area (Å²) in [5.74, 6) is -1.98. The van der Waals surface area contributed by atoms with E-state index in [0.717, 1.165) is 11.1 Å². The van der Waals surface area contributed by atoms with Gasteiger partial charge in [-0.05, 0) is 71.3 Å². The number of fused-ring (bicyclic) bond motifs is 6. The van der Waals surface area contributed by atoms with Gasteiger partial charge in [0.2, 0.25) is 5.91 Å². The molecule has 43 heavy (non-hydrogen) atoms. The highest BCUT2D eigenvalue weighted by Gasteiger charge is 2.70. The first-order valence-corrected chi connectivity index (χ1v) is 13.9. The average Bonchev–Trinajstić information content (AvgIpc) is 3.52. The van der Waals surface area contributed by atoms with Gasteiger partial charge in [0.05, 0.1) is 26.2 Å². The van der Waals surface area contributed by atoms with E-state index in [0.29, 0.717) is 28.3 Å². The zero-order valence-electron chi connectivity index (χ0n) is 23.4. The van der Waals surface area contributed by atoms with Gasteiger partial charge in [-0.2, -0.15) is 0 Å². The van der Waals surface area contributed by atoms with Crippen LogP contribution in [0.25, 0.3) is 6.08 Å². The van der Waals surface area contributed by atoms with Crippen LogP contribution in [0.5, 0.6) is 11.5 Å². The zero-order valence-corrected chi connectivity index (χ0v) is 23.4. The number of carbonyl (C=O) groups excluding carboxylic acids is 3. The molecule has 1 N–H and O–H groups in total. The van der Waals surface area contributed by atoms with Gasteiger partial charge in [-0.15, -0.1) is 0 Å². The van der Waals surface area contributed by atoms with E-state index in [-0.39, 0.29) is 17.3 Å². The Morgan fingerprint density at radius 1 is 0.837 bits per heavy atom.